The van der Waals surface area contributed by atoms with Crippen molar-refractivity contribution in [2.45, 2.75) is 17.8 Å². The Morgan fingerprint density at radius 2 is 1.73 bits per heavy atom. The minimum Gasteiger partial charge on any atom is -0.493 e. The predicted molar refractivity (Wildman–Crippen MR) is 154 cm³/mol. The van der Waals surface area contributed by atoms with Gasteiger partial charge in [-0.25, -0.2) is 4.98 Å². The molecule has 200 valence electrons. The molecule has 3 aromatic carbocycles. The maximum absolute atomic E-state index is 13.9. The zero-order valence-corrected chi connectivity index (χ0v) is 22.9. The van der Waals surface area contributed by atoms with E-state index in [1.54, 1.807) is 24.9 Å². The van der Waals surface area contributed by atoms with Gasteiger partial charge in [-0.05, 0) is 36.2 Å². The highest BCUT2D eigenvalue weighted by Crippen LogP contribution is 2.37. The molecule has 0 spiro atoms. The van der Waals surface area contributed by atoms with Gasteiger partial charge in [0, 0.05) is 11.8 Å². The smallest absolute Gasteiger partial charge is 0.283 e. The first-order valence-corrected chi connectivity index (χ1v) is 13.5. The molecular formula is C30H25N5O4S. The van der Waals surface area contributed by atoms with Crippen LogP contribution in [-0.4, -0.2) is 38.9 Å². The average Bonchev–Trinajstić information content (AvgIpc) is 3.64. The second kappa shape index (κ2) is 10.7. The molecule has 0 atom stereocenters. The molecule has 9 nitrogen and oxygen atoms in total. The van der Waals surface area contributed by atoms with Crippen LogP contribution in [0.3, 0.4) is 0 Å². The topological polar surface area (TPSA) is 108 Å². The third-order valence-corrected chi connectivity index (χ3v) is 7.47. The van der Waals surface area contributed by atoms with E-state index < -0.39 is 0 Å². The fourth-order valence-electron chi connectivity index (χ4n) is 4.61. The first-order chi connectivity index (χ1) is 19.6. The van der Waals surface area contributed by atoms with Crippen molar-refractivity contribution in [2.75, 3.05) is 14.2 Å². The molecule has 3 aromatic heterocycles. The lowest BCUT2D eigenvalue weighted by atomic mass is 10.1. The largest absolute Gasteiger partial charge is 0.493 e. The Balaban J connectivity index is 1.41. The number of aromatic nitrogens is 5. The van der Waals surface area contributed by atoms with Crippen molar-refractivity contribution in [2.24, 2.45) is 0 Å². The van der Waals surface area contributed by atoms with Crippen molar-refractivity contribution in [3.05, 3.63) is 101 Å². The van der Waals surface area contributed by atoms with Crippen LogP contribution in [0, 0.1) is 6.92 Å². The summed E-state index contributed by atoms with van der Waals surface area (Å²) in [6.45, 7) is 1.97. The summed E-state index contributed by atoms with van der Waals surface area (Å²) >= 11 is 1.35. The van der Waals surface area contributed by atoms with Crippen molar-refractivity contribution < 1.29 is 14.0 Å². The Bertz CT molecular complexity index is 1880. The van der Waals surface area contributed by atoms with Crippen molar-refractivity contribution in [3.8, 4) is 39.7 Å². The lowest BCUT2D eigenvalue weighted by Crippen LogP contribution is -2.22. The number of ether oxygens (including phenoxy) is 2. The molecule has 0 fully saturated rings. The Kier molecular flexibility index (Phi) is 6.83. The molecule has 6 aromatic rings. The van der Waals surface area contributed by atoms with Gasteiger partial charge in [0.1, 0.15) is 11.0 Å². The first kappa shape index (κ1) is 25.4. The Morgan fingerprint density at radius 3 is 2.50 bits per heavy atom. The van der Waals surface area contributed by atoms with Crippen LogP contribution in [-0.2, 0) is 5.75 Å². The maximum atomic E-state index is 13.9. The molecule has 0 saturated carbocycles. The number of H-pyrrole nitrogens is 1. The SMILES string of the molecule is COc1cccc(-c2noc(CSc3nc4c(-c5ccccc5)c[nH]c4c(=O)n3-c3ccccc3C)n2)c1OC. The minimum atomic E-state index is -0.184. The van der Waals surface area contributed by atoms with E-state index in [-0.39, 0.29) is 5.56 Å². The van der Waals surface area contributed by atoms with Crippen LogP contribution in [0.2, 0.25) is 0 Å². The van der Waals surface area contributed by atoms with Crippen molar-refractivity contribution in [1.29, 1.82) is 0 Å². The fourth-order valence-corrected chi connectivity index (χ4v) is 5.45. The summed E-state index contributed by atoms with van der Waals surface area (Å²) in [7, 11) is 3.14. The van der Waals surface area contributed by atoms with Gasteiger partial charge in [-0.15, -0.1) is 0 Å². The van der Waals surface area contributed by atoms with Crippen molar-refractivity contribution in [1.82, 2.24) is 24.7 Å². The van der Waals surface area contributed by atoms with Crippen LogP contribution in [0.1, 0.15) is 11.5 Å². The summed E-state index contributed by atoms with van der Waals surface area (Å²) in [5.41, 5.74) is 5.05. The molecule has 0 saturated heterocycles. The number of fused-ring (bicyclic) bond motifs is 1. The van der Waals surface area contributed by atoms with Gasteiger partial charge >= 0.3 is 0 Å². The maximum Gasteiger partial charge on any atom is 0.283 e. The molecule has 6 rings (SSSR count). The van der Waals surface area contributed by atoms with E-state index in [9.17, 15) is 4.79 Å². The number of aryl methyl sites for hydroxylation is 1. The number of benzene rings is 3. The number of para-hydroxylation sites is 2. The van der Waals surface area contributed by atoms with Crippen LogP contribution in [0.4, 0.5) is 0 Å². The van der Waals surface area contributed by atoms with Gasteiger partial charge in [0.25, 0.3) is 5.56 Å². The van der Waals surface area contributed by atoms with Gasteiger partial charge < -0.3 is 19.0 Å². The summed E-state index contributed by atoms with van der Waals surface area (Å²) in [4.78, 5) is 26.6. The lowest BCUT2D eigenvalue weighted by molar-refractivity contribution is 0.355. The Morgan fingerprint density at radius 1 is 0.925 bits per heavy atom. The van der Waals surface area contributed by atoms with Crippen LogP contribution in [0.15, 0.2) is 93.5 Å². The predicted octanol–water partition coefficient (Wildman–Crippen LogP) is 6.05. The summed E-state index contributed by atoms with van der Waals surface area (Å²) in [5.74, 6) is 2.15. The van der Waals surface area contributed by atoms with Crippen LogP contribution < -0.4 is 15.0 Å². The first-order valence-electron chi connectivity index (χ1n) is 12.5. The minimum absolute atomic E-state index is 0.184. The van der Waals surface area contributed by atoms with Gasteiger partial charge in [-0.2, -0.15) is 4.98 Å². The number of hydrogen-bond acceptors (Lipinski definition) is 8. The molecule has 0 bridgehead atoms. The normalized spacial score (nSPS) is 11.2. The lowest BCUT2D eigenvalue weighted by Gasteiger charge is -2.14. The Hall–Kier alpha value is -4.83. The number of nitrogens with one attached hydrogen (secondary N) is 1. The second-order valence-electron chi connectivity index (χ2n) is 8.95. The van der Waals surface area contributed by atoms with E-state index in [4.69, 9.17) is 19.0 Å². The third-order valence-electron chi connectivity index (χ3n) is 6.55. The van der Waals surface area contributed by atoms with Gasteiger partial charge in [0.2, 0.25) is 11.7 Å². The summed E-state index contributed by atoms with van der Waals surface area (Å²) < 4.78 is 18.1. The van der Waals surface area contributed by atoms with Gasteiger partial charge in [0.15, 0.2) is 16.7 Å². The molecule has 0 aliphatic rings. The van der Waals surface area contributed by atoms with Crippen molar-refractivity contribution in [3.63, 3.8) is 0 Å². The highest BCUT2D eigenvalue weighted by atomic mass is 32.2. The molecule has 1 N–H and O–H groups in total. The zero-order chi connectivity index (χ0) is 27.6. The van der Waals surface area contributed by atoms with E-state index >= 15 is 0 Å². The molecule has 40 heavy (non-hydrogen) atoms. The molecule has 0 unspecified atom stereocenters. The Labute approximate surface area is 233 Å². The van der Waals surface area contributed by atoms with E-state index in [2.05, 4.69) is 15.1 Å². The van der Waals surface area contributed by atoms with Gasteiger partial charge in [-0.3, -0.25) is 9.36 Å². The van der Waals surface area contributed by atoms with E-state index in [1.807, 2.05) is 79.9 Å². The molecular weight excluding hydrogens is 526 g/mol. The summed E-state index contributed by atoms with van der Waals surface area (Å²) in [5, 5.41) is 4.68. The number of rotatable bonds is 8. The number of aromatic amines is 1. The molecule has 0 aliphatic heterocycles. The third kappa shape index (κ3) is 4.52. The molecule has 0 aliphatic carbocycles. The van der Waals surface area contributed by atoms with E-state index in [0.29, 0.717) is 50.7 Å². The van der Waals surface area contributed by atoms with Gasteiger partial charge in [-0.1, -0.05) is 71.5 Å². The highest BCUT2D eigenvalue weighted by Gasteiger charge is 2.21. The van der Waals surface area contributed by atoms with E-state index in [0.717, 1.165) is 22.4 Å². The number of thioether (sulfide) groups is 1. The van der Waals surface area contributed by atoms with Gasteiger partial charge in [0.05, 0.1) is 31.2 Å². The quantitative estimate of drug-likeness (QED) is 0.180. The standard InChI is InChI=1S/C30H25N5O4S/c1-18-10-7-8-14-22(18)35-29(36)26-25(21(16-31-26)19-11-5-4-6-12-19)33-30(35)40-17-24-32-28(34-39-24)20-13-9-15-23(37-2)27(20)38-3/h4-16,31H,17H2,1-3H3. The number of nitrogens with zero attached hydrogens (tertiary/aromatic N) is 4. The monoisotopic (exact) mass is 551 g/mol. The van der Waals surface area contributed by atoms with Crippen LogP contribution >= 0.6 is 11.8 Å². The van der Waals surface area contributed by atoms with Crippen molar-refractivity contribution >= 4 is 22.8 Å². The van der Waals surface area contributed by atoms with Crippen LogP contribution in [0.25, 0.3) is 39.2 Å². The molecule has 0 radical (unpaired) electrons. The average molecular weight is 552 g/mol. The summed E-state index contributed by atoms with van der Waals surface area (Å²) in [6.07, 6.45) is 1.83. The van der Waals surface area contributed by atoms with E-state index in [1.165, 1.54) is 11.8 Å². The second-order valence-corrected chi connectivity index (χ2v) is 9.90. The molecule has 10 heteroatoms. The number of methoxy groups -OCH3 is 2. The molecule has 0 amide bonds. The van der Waals surface area contributed by atoms with Crippen LogP contribution in [0.5, 0.6) is 11.5 Å². The zero-order valence-electron chi connectivity index (χ0n) is 22.0. The number of hydrogen-bond donors (Lipinski definition) is 1. The fraction of sp³-hybridized carbons (Fsp3) is 0.133. The molecule has 3 heterocycles. The summed E-state index contributed by atoms with van der Waals surface area (Å²) in [6, 6.07) is 23.1. The highest BCUT2D eigenvalue weighted by molar-refractivity contribution is 7.98.